The first-order chi connectivity index (χ1) is 8.86. The second-order valence-electron chi connectivity index (χ2n) is 5.81. The van der Waals surface area contributed by atoms with Gasteiger partial charge < -0.3 is 10.2 Å². The average Bonchev–Trinajstić information content (AvgIpc) is 3.24. The summed E-state index contributed by atoms with van der Waals surface area (Å²) in [6.45, 7) is 3.34. The Morgan fingerprint density at radius 1 is 1.22 bits per heavy atom. The summed E-state index contributed by atoms with van der Waals surface area (Å²) in [5.41, 5.74) is 1.33. The fourth-order valence-corrected chi connectivity index (χ4v) is 2.52. The van der Waals surface area contributed by atoms with Crippen LogP contribution in [0.2, 0.25) is 0 Å². The molecular weight excluding hydrogens is 222 g/mol. The highest BCUT2D eigenvalue weighted by Crippen LogP contribution is 2.35. The molecular formula is C15H23N3. The van der Waals surface area contributed by atoms with Crippen LogP contribution < -0.4 is 10.2 Å². The summed E-state index contributed by atoms with van der Waals surface area (Å²) in [5.74, 6) is 3.06. The Labute approximate surface area is 110 Å². The molecule has 98 valence electrons. The minimum atomic E-state index is 0.912. The van der Waals surface area contributed by atoms with Gasteiger partial charge in [-0.2, -0.15) is 0 Å². The zero-order valence-electron chi connectivity index (χ0n) is 11.2. The van der Waals surface area contributed by atoms with E-state index in [0.29, 0.717) is 0 Å². The first-order valence-electron chi connectivity index (χ1n) is 7.20. The van der Waals surface area contributed by atoms with Crippen molar-refractivity contribution in [1.29, 1.82) is 0 Å². The van der Waals surface area contributed by atoms with Gasteiger partial charge in [-0.05, 0) is 50.6 Å². The fourth-order valence-electron chi connectivity index (χ4n) is 2.52. The van der Waals surface area contributed by atoms with Gasteiger partial charge >= 0.3 is 0 Å². The molecule has 0 atom stereocenters. The van der Waals surface area contributed by atoms with Crippen molar-refractivity contribution >= 4 is 5.82 Å². The lowest BCUT2D eigenvalue weighted by atomic mass is 10.2. The maximum absolute atomic E-state index is 4.65. The molecule has 3 rings (SSSR count). The molecule has 2 aliphatic carbocycles. The molecule has 0 unspecified atom stereocenters. The van der Waals surface area contributed by atoms with Crippen LogP contribution in [0.3, 0.4) is 0 Å². The Morgan fingerprint density at radius 2 is 1.89 bits per heavy atom. The van der Waals surface area contributed by atoms with Crippen LogP contribution in [-0.2, 0) is 6.54 Å². The predicted octanol–water partition coefficient (Wildman–Crippen LogP) is 2.43. The molecule has 18 heavy (non-hydrogen) atoms. The number of nitrogens with one attached hydrogen (secondary N) is 1. The maximum Gasteiger partial charge on any atom is 0.133 e. The monoisotopic (exact) mass is 245 g/mol. The third kappa shape index (κ3) is 3.02. The Hall–Kier alpha value is -1.09. The molecule has 2 fully saturated rings. The smallest absolute Gasteiger partial charge is 0.133 e. The molecule has 0 saturated heterocycles. The second kappa shape index (κ2) is 5.27. The van der Waals surface area contributed by atoms with Crippen molar-refractivity contribution in [3.63, 3.8) is 0 Å². The molecule has 3 heteroatoms. The highest BCUT2D eigenvalue weighted by Gasteiger charge is 2.30. The van der Waals surface area contributed by atoms with Crippen LogP contribution in [0.5, 0.6) is 0 Å². The number of hydrogen-bond donors (Lipinski definition) is 1. The lowest BCUT2D eigenvalue weighted by molar-refractivity contribution is 0.664. The SMILES string of the molecule is CNCc1cccnc1N(CC1CC1)CC1CC1. The van der Waals surface area contributed by atoms with Gasteiger partial charge in [0.2, 0.25) is 0 Å². The summed E-state index contributed by atoms with van der Waals surface area (Å²) in [6, 6.07) is 4.24. The molecule has 1 aromatic heterocycles. The van der Waals surface area contributed by atoms with E-state index < -0.39 is 0 Å². The standard InChI is InChI=1S/C15H23N3/c1-16-9-14-3-2-8-17-15(14)18(10-12-4-5-12)11-13-6-7-13/h2-3,8,12-13,16H,4-7,9-11H2,1H3. The molecule has 0 radical (unpaired) electrons. The second-order valence-corrected chi connectivity index (χ2v) is 5.81. The Morgan fingerprint density at radius 3 is 2.44 bits per heavy atom. The normalized spacial score (nSPS) is 18.9. The lowest BCUT2D eigenvalue weighted by Gasteiger charge is -2.26. The van der Waals surface area contributed by atoms with Crippen molar-refractivity contribution in [3.05, 3.63) is 23.9 Å². The molecule has 3 nitrogen and oxygen atoms in total. The van der Waals surface area contributed by atoms with Crippen LogP contribution in [-0.4, -0.2) is 25.1 Å². The number of hydrogen-bond acceptors (Lipinski definition) is 3. The van der Waals surface area contributed by atoms with Crippen molar-refractivity contribution in [2.75, 3.05) is 25.0 Å². The molecule has 0 aliphatic heterocycles. The van der Waals surface area contributed by atoms with E-state index in [1.807, 2.05) is 19.3 Å². The molecule has 0 amide bonds. The minimum absolute atomic E-state index is 0.912. The first-order valence-corrected chi connectivity index (χ1v) is 7.20. The molecule has 0 spiro atoms. The van der Waals surface area contributed by atoms with Crippen molar-refractivity contribution < 1.29 is 0 Å². The van der Waals surface area contributed by atoms with Crippen molar-refractivity contribution in [3.8, 4) is 0 Å². The number of anilines is 1. The van der Waals surface area contributed by atoms with Crippen molar-refractivity contribution in [1.82, 2.24) is 10.3 Å². The van der Waals surface area contributed by atoms with E-state index in [-0.39, 0.29) is 0 Å². The van der Waals surface area contributed by atoms with Crippen LogP contribution in [0.25, 0.3) is 0 Å². The van der Waals surface area contributed by atoms with Crippen molar-refractivity contribution in [2.24, 2.45) is 11.8 Å². The maximum atomic E-state index is 4.65. The summed E-state index contributed by atoms with van der Waals surface area (Å²) in [6.07, 6.45) is 7.58. The van der Waals surface area contributed by atoms with E-state index in [0.717, 1.165) is 18.4 Å². The Bertz CT molecular complexity index is 382. The average molecular weight is 245 g/mol. The number of aromatic nitrogens is 1. The molecule has 0 bridgehead atoms. The van der Waals surface area contributed by atoms with Crippen LogP contribution in [0.4, 0.5) is 5.82 Å². The summed E-state index contributed by atoms with van der Waals surface area (Å²) < 4.78 is 0. The summed E-state index contributed by atoms with van der Waals surface area (Å²) >= 11 is 0. The van der Waals surface area contributed by atoms with Gasteiger partial charge in [-0.3, -0.25) is 0 Å². The van der Waals surface area contributed by atoms with Gasteiger partial charge in [0.15, 0.2) is 0 Å². The van der Waals surface area contributed by atoms with E-state index in [1.54, 1.807) is 0 Å². The van der Waals surface area contributed by atoms with Gasteiger partial charge in [-0.15, -0.1) is 0 Å². The van der Waals surface area contributed by atoms with E-state index >= 15 is 0 Å². The molecule has 2 saturated carbocycles. The molecule has 1 heterocycles. The highest BCUT2D eigenvalue weighted by molar-refractivity contribution is 5.47. The van der Waals surface area contributed by atoms with Crippen LogP contribution in [0, 0.1) is 11.8 Å². The molecule has 0 aromatic carbocycles. The molecule has 1 aromatic rings. The zero-order chi connectivity index (χ0) is 12.4. The third-order valence-electron chi connectivity index (χ3n) is 3.89. The van der Waals surface area contributed by atoms with Gasteiger partial charge in [0.05, 0.1) is 0 Å². The highest BCUT2D eigenvalue weighted by atomic mass is 15.2. The number of rotatable bonds is 7. The van der Waals surface area contributed by atoms with E-state index in [1.165, 1.54) is 50.2 Å². The Balaban J connectivity index is 1.77. The van der Waals surface area contributed by atoms with Crippen LogP contribution in [0.1, 0.15) is 31.2 Å². The molecule has 1 N–H and O–H groups in total. The van der Waals surface area contributed by atoms with Crippen LogP contribution >= 0.6 is 0 Å². The van der Waals surface area contributed by atoms with Crippen molar-refractivity contribution in [2.45, 2.75) is 32.2 Å². The first kappa shape index (κ1) is 12.0. The third-order valence-corrected chi connectivity index (χ3v) is 3.89. The summed E-state index contributed by atoms with van der Waals surface area (Å²) in [4.78, 5) is 7.19. The number of pyridine rings is 1. The van der Waals surface area contributed by atoms with E-state index in [9.17, 15) is 0 Å². The summed E-state index contributed by atoms with van der Waals surface area (Å²) in [5, 5.41) is 3.25. The van der Waals surface area contributed by atoms with Gasteiger partial charge in [0.25, 0.3) is 0 Å². The minimum Gasteiger partial charge on any atom is -0.356 e. The lowest BCUT2D eigenvalue weighted by Crippen LogP contribution is -2.30. The van der Waals surface area contributed by atoms with E-state index in [2.05, 4.69) is 21.3 Å². The largest absolute Gasteiger partial charge is 0.356 e. The number of nitrogens with zero attached hydrogens (tertiary/aromatic N) is 2. The zero-order valence-corrected chi connectivity index (χ0v) is 11.2. The molecule has 2 aliphatic rings. The van der Waals surface area contributed by atoms with Gasteiger partial charge in [-0.25, -0.2) is 4.98 Å². The van der Waals surface area contributed by atoms with Gasteiger partial charge in [0.1, 0.15) is 5.82 Å². The van der Waals surface area contributed by atoms with Gasteiger partial charge in [-0.1, -0.05) is 6.07 Å². The summed E-state index contributed by atoms with van der Waals surface area (Å²) in [7, 11) is 2.00. The predicted molar refractivity (Wildman–Crippen MR) is 74.7 cm³/mol. The quantitative estimate of drug-likeness (QED) is 0.799. The van der Waals surface area contributed by atoms with Gasteiger partial charge in [0, 0.05) is 31.4 Å². The fraction of sp³-hybridized carbons (Fsp3) is 0.667. The van der Waals surface area contributed by atoms with Crippen LogP contribution in [0.15, 0.2) is 18.3 Å². The van der Waals surface area contributed by atoms with E-state index in [4.69, 9.17) is 0 Å². The Kier molecular flexibility index (Phi) is 3.50. The topological polar surface area (TPSA) is 28.2 Å².